The lowest BCUT2D eigenvalue weighted by atomic mass is 10.1. The van der Waals surface area contributed by atoms with Gasteiger partial charge in [-0.3, -0.25) is 0 Å². The van der Waals surface area contributed by atoms with E-state index in [0.717, 1.165) is 24.5 Å². The minimum atomic E-state index is 0.544. The molecule has 0 amide bonds. The van der Waals surface area contributed by atoms with Gasteiger partial charge in [0.1, 0.15) is 12.4 Å². The van der Waals surface area contributed by atoms with Crippen molar-refractivity contribution >= 4 is 5.69 Å². The molecule has 2 N–H and O–H groups in total. The Morgan fingerprint density at radius 2 is 1.21 bits per heavy atom. The Balaban J connectivity index is 1.75. The monoisotopic (exact) mass is 337 g/mol. The van der Waals surface area contributed by atoms with Gasteiger partial charge in [0.25, 0.3) is 0 Å². The highest BCUT2D eigenvalue weighted by Gasteiger charge is 1.95. The standard InChI is InChI=1S/C20H35NO3/c1-2-3-4-5-6-7-8-9-14-22-15-16-23-17-18-24-20-12-10-19(21)11-13-20/h10-13H,2-9,14-18,21H2,1H3. The Hall–Kier alpha value is -1.26. The molecule has 0 saturated carbocycles. The Morgan fingerprint density at radius 1 is 0.667 bits per heavy atom. The van der Waals surface area contributed by atoms with Crippen molar-refractivity contribution < 1.29 is 14.2 Å². The van der Waals surface area contributed by atoms with Gasteiger partial charge in [-0.2, -0.15) is 0 Å². The molecule has 0 heterocycles. The van der Waals surface area contributed by atoms with Gasteiger partial charge in [-0.1, -0.05) is 51.9 Å². The van der Waals surface area contributed by atoms with Gasteiger partial charge >= 0.3 is 0 Å². The number of ether oxygens (including phenoxy) is 3. The van der Waals surface area contributed by atoms with Gasteiger partial charge in [0.15, 0.2) is 0 Å². The van der Waals surface area contributed by atoms with Crippen molar-refractivity contribution in [2.45, 2.75) is 58.3 Å². The molecule has 1 rings (SSSR count). The normalized spacial score (nSPS) is 10.9. The maximum Gasteiger partial charge on any atom is 0.119 e. The summed E-state index contributed by atoms with van der Waals surface area (Å²) in [6.07, 6.45) is 10.6. The van der Waals surface area contributed by atoms with Crippen LogP contribution in [-0.4, -0.2) is 33.0 Å². The number of unbranched alkanes of at least 4 members (excludes halogenated alkanes) is 7. The molecule has 4 nitrogen and oxygen atoms in total. The first-order valence-corrected chi connectivity index (χ1v) is 9.46. The third-order valence-corrected chi connectivity index (χ3v) is 3.89. The Morgan fingerprint density at radius 3 is 1.88 bits per heavy atom. The van der Waals surface area contributed by atoms with E-state index < -0.39 is 0 Å². The van der Waals surface area contributed by atoms with E-state index in [-0.39, 0.29) is 0 Å². The third-order valence-electron chi connectivity index (χ3n) is 3.89. The van der Waals surface area contributed by atoms with Gasteiger partial charge in [-0.05, 0) is 30.7 Å². The van der Waals surface area contributed by atoms with Crippen molar-refractivity contribution in [3.8, 4) is 5.75 Å². The maximum atomic E-state index is 5.62. The minimum absolute atomic E-state index is 0.544. The van der Waals surface area contributed by atoms with Crippen LogP contribution in [0.25, 0.3) is 0 Å². The summed E-state index contributed by atoms with van der Waals surface area (Å²) in [5.74, 6) is 0.818. The third kappa shape index (κ3) is 12.2. The van der Waals surface area contributed by atoms with E-state index in [2.05, 4.69) is 6.92 Å². The predicted octanol–water partition coefficient (Wildman–Crippen LogP) is 4.82. The molecule has 4 heteroatoms. The summed E-state index contributed by atoms with van der Waals surface area (Å²) in [6.45, 7) is 5.52. The number of hydrogen-bond acceptors (Lipinski definition) is 4. The summed E-state index contributed by atoms with van der Waals surface area (Å²) in [5, 5.41) is 0. The summed E-state index contributed by atoms with van der Waals surface area (Å²) in [5.41, 5.74) is 6.36. The fourth-order valence-corrected chi connectivity index (χ4v) is 2.44. The highest BCUT2D eigenvalue weighted by atomic mass is 16.5. The average Bonchev–Trinajstić information content (AvgIpc) is 2.60. The number of hydrogen-bond donors (Lipinski definition) is 1. The molecular weight excluding hydrogens is 302 g/mol. The molecular formula is C20H35NO3. The van der Waals surface area contributed by atoms with E-state index in [1.165, 1.54) is 44.9 Å². The van der Waals surface area contributed by atoms with Crippen LogP contribution >= 0.6 is 0 Å². The molecule has 0 unspecified atom stereocenters. The van der Waals surface area contributed by atoms with Crippen LogP contribution in [0.1, 0.15) is 58.3 Å². The first-order chi connectivity index (χ1) is 11.8. The molecule has 24 heavy (non-hydrogen) atoms. The molecule has 0 fully saturated rings. The lowest BCUT2D eigenvalue weighted by molar-refractivity contribution is 0.0352. The van der Waals surface area contributed by atoms with Gasteiger partial charge in [0.2, 0.25) is 0 Å². The molecule has 0 aliphatic rings. The van der Waals surface area contributed by atoms with E-state index in [0.29, 0.717) is 26.4 Å². The molecule has 0 bridgehead atoms. The Bertz CT molecular complexity index is 381. The lowest BCUT2D eigenvalue weighted by Crippen LogP contribution is -2.11. The van der Waals surface area contributed by atoms with Gasteiger partial charge in [-0.15, -0.1) is 0 Å². The second-order valence-electron chi connectivity index (χ2n) is 6.12. The van der Waals surface area contributed by atoms with Crippen molar-refractivity contribution in [2.75, 3.05) is 38.8 Å². The van der Waals surface area contributed by atoms with Crippen molar-refractivity contribution in [3.63, 3.8) is 0 Å². The predicted molar refractivity (Wildman–Crippen MR) is 101 cm³/mol. The van der Waals surface area contributed by atoms with Gasteiger partial charge in [-0.25, -0.2) is 0 Å². The van der Waals surface area contributed by atoms with Crippen molar-refractivity contribution in [1.29, 1.82) is 0 Å². The molecule has 0 aliphatic carbocycles. The summed E-state index contributed by atoms with van der Waals surface area (Å²) < 4.78 is 16.6. The first-order valence-electron chi connectivity index (χ1n) is 9.46. The van der Waals surface area contributed by atoms with E-state index in [4.69, 9.17) is 19.9 Å². The zero-order chi connectivity index (χ0) is 17.3. The Labute approximate surface area is 147 Å². The quantitative estimate of drug-likeness (QED) is 0.347. The fourth-order valence-electron chi connectivity index (χ4n) is 2.44. The van der Waals surface area contributed by atoms with Crippen LogP contribution in [0, 0.1) is 0 Å². The highest BCUT2D eigenvalue weighted by Crippen LogP contribution is 2.12. The smallest absolute Gasteiger partial charge is 0.119 e. The maximum absolute atomic E-state index is 5.62. The van der Waals surface area contributed by atoms with E-state index in [1.807, 2.05) is 24.3 Å². The SMILES string of the molecule is CCCCCCCCCCOCCOCCOc1ccc(N)cc1. The number of nitrogens with two attached hydrogens (primary N) is 1. The van der Waals surface area contributed by atoms with Gasteiger partial charge in [0, 0.05) is 12.3 Å². The van der Waals surface area contributed by atoms with Crippen molar-refractivity contribution in [2.24, 2.45) is 0 Å². The second kappa shape index (κ2) is 15.3. The van der Waals surface area contributed by atoms with Crippen LogP contribution in [-0.2, 0) is 9.47 Å². The lowest BCUT2D eigenvalue weighted by Gasteiger charge is -2.08. The van der Waals surface area contributed by atoms with Crippen LogP contribution in [0.3, 0.4) is 0 Å². The largest absolute Gasteiger partial charge is 0.491 e. The van der Waals surface area contributed by atoms with Crippen LogP contribution in [0.15, 0.2) is 24.3 Å². The number of benzene rings is 1. The number of anilines is 1. The van der Waals surface area contributed by atoms with E-state index >= 15 is 0 Å². The molecule has 0 aliphatic heterocycles. The molecule has 1 aromatic carbocycles. The van der Waals surface area contributed by atoms with Crippen LogP contribution in [0.4, 0.5) is 5.69 Å². The topological polar surface area (TPSA) is 53.7 Å². The van der Waals surface area contributed by atoms with E-state index in [9.17, 15) is 0 Å². The first kappa shape index (κ1) is 20.8. The fraction of sp³-hybridized carbons (Fsp3) is 0.700. The highest BCUT2D eigenvalue weighted by molar-refractivity contribution is 5.41. The zero-order valence-corrected chi connectivity index (χ0v) is 15.3. The molecule has 0 saturated heterocycles. The summed E-state index contributed by atoms with van der Waals surface area (Å²) in [4.78, 5) is 0. The molecule has 1 aromatic rings. The van der Waals surface area contributed by atoms with Crippen molar-refractivity contribution in [1.82, 2.24) is 0 Å². The summed E-state index contributed by atoms with van der Waals surface area (Å²) in [6, 6.07) is 7.38. The summed E-state index contributed by atoms with van der Waals surface area (Å²) >= 11 is 0. The molecule has 138 valence electrons. The Kier molecular flexibility index (Phi) is 13.2. The van der Waals surface area contributed by atoms with Gasteiger partial charge in [0.05, 0.1) is 19.8 Å². The number of rotatable bonds is 16. The van der Waals surface area contributed by atoms with Crippen LogP contribution in [0.5, 0.6) is 5.75 Å². The molecule has 0 radical (unpaired) electrons. The van der Waals surface area contributed by atoms with Crippen molar-refractivity contribution in [3.05, 3.63) is 24.3 Å². The molecule has 0 atom stereocenters. The molecule has 0 spiro atoms. The van der Waals surface area contributed by atoms with Crippen LogP contribution in [0.2, 0.25) is 0 Å². The summed E-state index contributed by atoms with van der Waals surface area (Å²) in [7, 11) is 0. The molecule has 0 aromatic heterocycles. The van der Waals surface area contributed by atoms with Crippen LogP contribution < -0.4 is 10.5 Å². The van der Waals surface area contributed by atoms with E-state index in [1.54, 1.807) is 0 Å². The second-order valence-corrected chi connectivity index (χ2v) is 6.12. The van der Waals surface area contributed by atoms with Gasteiger partial charge < -0.3 is 19.9 Å². The number of nitrogen functional groups attached to an aromatic ring is 1. The average molecular weight is 338 g/mol. The zero-order valence-electron chi connectivity index (χ0n) is 15.3. The minimum Gasteiger partial charge on any atom is -0.491 e.